The minimum atomic E-state index is 0.949. The monoisotopic (exact) mass is 129 g/mol. The first kappa shape index (κ1) is 8.96. The molecule has 0 aromatic carbocycles. The molecule has 0 unspecified atom stereocenters. The van der Waals surface area contributed by atoms with Crippen molar-refractivity contribution in [2.24, 2.45) is 0 Å². The van der Waals surface area contributed by atoms with Gasteiger partial charge in [0.25, 0.3) is 0 Å². The van der Waals surface area contributed by atoms with E-state index in [9.17, 15) is 0 Å². The van der Waals surface area contributed by atoms with Crippen molar-refractivity contribution in [3.8, 4) is 0 Å². The molecule has 1 fully saturated rings. The summed E-state index contributed by atoms with van der Waals surface area (Å²) < 4.78 is 0. The topological polar surface area (TPSA) is 3.24 Å². The normalized spacial score (nSPS) is 17.0. The standard InChI is InChI=1S/C6H13N.C2H6/c1-3-7(2)6-4-5-6;1-2/h6H,3-5H2,1-2H3;1-2H3. The van der Waals surface area contributed by atoms with E-state index in [4.69, 9.17) is 0 Å². The molecule has 1 rings (SSSR count). The maximum atomic E-state index is 2.40. The van der Waals surface area contributed by atoms with E-state index in [0.29, 0.717) is 0 Å². The van der Waals surface area contributed by atoms with Gasteiger partial charge < -0.3 is 4.90 Å². The van der Waals surface area contributed by atoms with E-state index in [-0.39, 0.29) is 0 Å². The van der Waals surface area contributed by atoms with Crippen LogP contribution < -0.4 is 0 Å². The van der Waals surface area contributed by atoms with Crippen LogP contribution >= 0.6 is 0 Å². The smallest absolute Gasteiger partial charge is 0.00932 e. The minimum Gasteiger partial charge on any atom is -0.304 e. The van der Waals surface area contributed by atoms with Crippen molar-refractivity contribution in [2.45, 2.75) is 39.7 Å². The van der Waals surface area contributed by atoms with Crippen molar-refractivity contribution in [3.63, 3.8) is 0 Å². The molecule has 0 aromatic rings. The Kier molecular flexibility index (Phi) is 4.78. The highest BCUT2D eigenvalue weighted by molar-refractivity contribution is 4.81. The third-order valence-corrected chi connectivity index (χ3v) is 1.67. The lowest BCUT2D eigenvalue weighted by Gasteiger charge is -2.10. The Labute approximate surface area is 59.1 Å². The Morgan fingerprint density at radius 3 is 1.89 bits per heavy atom. The molecule has 0 aromatic heterocycles. The predicted octanol–water partition coefficient (Wildman–Crippen LogP) is 2.13. The second-order valence-electron chi connectivity index (χ2n) is 2.30. The van der Waals surface area contributed by atoms with Crippen molar-refractivity contribution < 1.29 is 0 Å². The molecule has 0 radical (unpaired) electrons. The highest BCUT2D eigenvalue weighted by atomic mass is 15.1. The van der Waals surface area contributed by atoms with Gasteiger partial charge in [0.15, 0.2) is 0 Å². The lowest BCUT2D eigenvalue weighted by molar-refractivity contribution is 0.343. The molecule has 1 heteroatoms. The van der Waals surface area contributed by atoms with Gasteiger partial charge in [-0.3, -0.25) is 0 Å². The van der Waals surface area contributed by atoms with Crippen LogP contribution in [0.25, 0.3) is 0 Å². The molecule has 56 valence electrons. The van der Waals surface area contributed by atoms with E-state index in [0.717, 1.165) is 6.04 Å². The van der Waals surface area contributed by atoms with Gasteiger partial charge in [-0.25, -0.2) is 0 Å². The molecule has 0 spiro atoms. The molecule has 0 N–H and O–H groups in total. The first-order valence-electron chi connectivity index (χ1n) is 4.05. The third-order valence-electron chi connectivity index (χ3n) is 1.67. The van der Waals surface area contributed by atoms with Crippen molar-refractivity contribution in [1.82, 2.24) is 4.90 Å². The largest absolute Gasteiger partial charge is 0.304 e. The van der Waals surface area contributed by atoms with Crippen LogP contribution in [0.2, 0.25) is 0 Å². The van der Waals surface area contributed by atoms with E-state index in [1.807, 2.05) is 13.8 Å². The quantitative estimate of drug-likeness (QED) is 0.552. The Hall–Kier alpha value is -0.0400. The maximum Gasteiger partial charge on any atom is 0.00932 e. The fourth-order valence-corrected chi connectivity index (χ4v) is 0.774. The van der Waals surface area contributed by atoms with E-state index in [2.05, 4.69) is 18.9 Å². The summed E-state index contributed by atoms with van der Waals surface area (Å²) in [5.74, 6) is 0. The van der Waals surface area contributed by atoms with E-state index in [1.165, 1.54) is 19.4 Å². The molecule has 0 heterocycles. The molecule has 1 saturated carbocycles. The molecule has 0 amide bonds. The van der Waals surface area contributed by atoms with Crippen molar-refractivity contribution in [2.75, 3.05) is 13.6 Å². The predicted molar refractivity (Wildman–Crippen MR) is 42.7 cm³/mol. The summed E-state index contributed by atoms with van der Waals surface area (Å²) in [5.41, 5.74) is 0. The number of hydrogen-bond donors (Lipinski definition) is 0. The van der Waals surface area contributed by atoms with Crippen LogP contribution in [0.15, 0.2) is 0 Å². The fourth-order valence-electron chi connectivity index (χ4n) is 0.774. The third kappa shape index (κ3) is 3.52. The lowest BCUT2D eigenvalue weighted by Crippen LogP contribution is -2.19. The Bertz CT molecular complexity index is 57.6. The van der Waals surface area contributed by atoms with Gasteiger partial charge in [0, 0.05) is 6.04 Å². The van der Waals surface area contributed by atoms with E-state index >= 15 is 0 Å². The average molecular weight is 129 g/mol. The zero-order valence-corrected chi connectivity index (χ0v) is 7.15. The Morgan fingerprint density at radius 1 is 1.33 bits per heavy atom. The van der Waals surface area contributed by atoms with Crippen LogP contribution in [-0.2, 0) is 0 Å². The first-order chi connectivity index (χ1) is 4.34. The van der Waals surface area contributed by atoms with Gasteiger partial charge in [-0.1, -0.05) is 20.8 Å². The summed E-state index contributed by atoms with van der Waals surface area (Å²) in [5, 5.41) is 0. The highest BCUT2D eigenvalue weighted by Gasteiger charge is 2.24. The lowest BCUT2D eigenvalue weighted by atomic mass is 10.5. The van der Waals surface area contributed by atoms with Gasteiger partial charge in [0.2, 0.25) is 0 Å². The maximum absolute atomic E-state index is 2.40. The van der Waals surface area contributed by atoms with Gasteiger partial charge in [-0.2, -0.15) is 0 Å². The summed E-state index contributed by atoms with van der Waals surface area (Å²) in [7, 11) is 2.19. The summed E-state index contributed by atoms with van der Waals surface area (Å²) in [6.45, 7) is 7.42. The van der Waals surface area contributed by atoms with Gasteiger partial charge in [0.1, 0.15) is 0 Å². The average Bonchev–Trinajstić information content (AvgIpc) is 2.72. The summed E-state index contributed by atoms with van der Waals surface area (Å²) in [6.07, 6.45) is 2.87. The minimum absolute atomic E-state index is 0.949. The zero-order valence-electron chi connectivity index (χ0n) is 7.15. The Balaban J connectivity index is 0.000000291. The molecule has 0 bridgehead atoms. The highest BCUT2D eigenvalue weighted by Crippen LogP contribution is 2.24. The molecule has 0 saturated heterocycles. The molecule has 1 aliphatic carbocycles. The molecule has 9 heavy (non-hydrogen) atoms. The van der Waals surface area contributed by atoms with Gasteiger partial charge in [-0.15, -0.1) is 0 Å². The first-order valence-corrected chi connectivity index (χ1v) is 4.05. The summed E-state index contributed by atoms with van der Waals surface area (Å²) >= 11 is 0. The zero-order chi connectivity index (χ0) is 7.28. The SMILES string of the molecule is CC.CCN(C)C1CC1. The van der Waals surface area contributed by atoms with E-state index in [1.54, 1.807) is 0 Å². The second kappa shape index (κ2) is 4.80. The molecule has 0 aliphatic heterocycles. The van der Waals surface area contributed by atoms with Crippen LogP contribution in [-0.4, -0.2) is 24.5 Å². The molecule has 1 nitrogen and oxygen atoms in total. The van der Waals surface area contributed by atoms with Crippen LogP contribution in [0.4, 0.5) is 0 Å². The molecule has 0 atom stereocenters. The van der Waals surface area contributed by atoms with Crippen LogP contribution in [0.3, 0.4) is 0 Å². The second-order valence-corrected chi connectivity index (χ2v) is 2.30. The Morgan fingerprint density at radius 2 is 1.78 bits per heavy atom. The van der Waals surface area contributed by atoms with Crippen LogP contribution in [0, 0.1) is 0 Å². The van der Waals surface area contributed by atoms with Gasteiger partial charge >= 0.3 is 0 Å². The van der Waals surface area contributed by atoms with Gasteiger partial charge in [-0.05, 0) is 26.4 Å². The number of rotatable bonds is 2. The molecular weight excluding hydrogens is 110 g/mol. The van der Waals surface area contributed by atoms with Crippen LogP contribution in [0.5, 0.6) is 0 Å². The summed E-state index contributed by atoms with van der Waals surface area (Å²) in [6, 6.07) is 0.949. The molecular formula is C8H19N. The van der Waals surface area contributed by atoms with Crippen molar-refractivity contribution >= 4 is 0 Å². The van der Waals surface area contributed by atoms with Crippen LogP contribution in [0.1, 0.15) is 33.6 Å². The van der Waals surface area contributed by atoms with Crippen molar-refractivity contribution in [1.29, 1.82) is 0 Å². The molecule has 1 aliphatic rings. The number of hydrogen-bond acceptors (Lipinski definition) is 1. The van der Waals surface area contributed by atoms with Gasteiger partial charge in [0.05, 0.1) is 0 Å². The van der Waals surface area contributed by atoms with Crippen molar-refractivity contribution in [3.05, 3.63) is 0 Å². The van der Waals surface area contributed by atoms with E-state index < -0.39 is 0 Å². The number of nitrogens with zero attached hydrogens (tertiary/aromatic N) is 1. The fraction of sp³-hybridized carbons (Fsp3) is 1.00. The summed E-state index contributed by atoms with van der Waals surface area (Å²) in [4.78, 5) is 2.40.